The molecule has 178 valence electrons. The van der Waals surface area contributed by atoms with Gasteiger partial charge in [0.15, 0.2) is 0 Å². The van der Waals surface area contributed by atoms with Crippen molar-refractivity contribution in [2.75, 3.05) is 31.1 Å². The van der Waals surface area contributed by atoms with Crippen molar-refractivity contribution in [2.45, 2.75) is 58.3 Å². The molecule has 5 nitrogen and oxygen atoms in total. The number of piperidine rings is 1. The van der Waals surface area contributed by atoms with E-state index in [-0.39, 0.29) is 17.8 Å². The molecule has 2 aromatic rings. The summed E-state index contributed by atoms with van der Waals surface area (Å²) in [7, 11) is 0. The van der Waals surface area contributed by atoms with Crippen LogP contribution in [0.2, 0.25) is 0 Å². The second-order valence-corrected chi connectivity index (χ2v) is 8.81. The van der Waals surface area contributed by atoms with E-state index in [4.69, 9.17) is 4.74 Å². The molecule has 0 spiro atoms. The number of rotatable bonds is 12. The molecule has 1 atom stereocenters. The SMILES string of the molecule is CCOC(=O)[C@@H]1CCCN(CCCCCCCC(=O)N(c2ccccc2)c2ccccc2)C1. The highest BCUT2D eigenvalue weighted by molar-refractivity contribution is 6.00. The number of carbonyl (C=O) groups excluding carboxylic acids is 2. The van der Waals surface area contributed by atoms with Gasteiger partial charge in [0.2, 0.25) is 5.91 Å². The average molecular weight is 451 g/mol. The number of para-hydroxylation sites is 2. The minimum Gasteiger partial charge on any atom is -0.466 e. The Bertz CT molecular complexity index is 801. The number of carbonyl (C=O) groups is 2. The number of ether oxygens (including phenoxy) is 1. The molecule has 5 heteroatoms. The quantitative estimate of drug-likeness (QED) is 0.295. The Morgan fingerprint density at radius 3 is 2.15 bits per heavy atom. The standard InChI is InChI=1S/C28H38N2O3/c1-2-33-28(32)24-15-14-22-29(23-24)21-13-5-3-4-12-20-27(31)30(25-16-8-6-9-17-25)26-18-10-7-11-19-26/h6-11,16-19,24H,2-5,12-15,20-23H2,1H3/t24-/m1/s1. The zero-order chi connectivity index (χ0) is 23.3. The van der Waals surface area contributed by atoms with Crippen LogP contribution in [0.25, 0.3) is 0 Å². The third-order valence-corrected chi connectivity index (χ3v) is 6.27. The van der Waals surface area contributed by atoms with Crippen molar-refractivity contribution in [3.05, 3.63) is 60.7 Å². The van der Waals surface area contributed by atoms with Crippen molar-refractivity contribution in [3.8, 4) is 0 Å². The number of anilines is 2. The lowest BCUT2D eigenvalue weighted by Crippen LogP contribution is -2.39. The summed E-state index contributed by atoms with van der Waals surface area (Å²) in [4.78, 5) is 29.3. The molecule has 33 heavy (non-hydrogen) atoms. The van der Waals surface area contributed by atoms with Crippen LogP contribution in [0.5, 0.6) is 0 Å². The van der Waals surface area contributed by atoms with Crippen molar-refractivity contribution in [1.29, 1.82) is 0 Å². The predicted molar refractivity (Wildman–Crippen MR) is 134 cm³/mol. The van der Waals surface area contributed by atoms with Crippen LogP contribution >= 0.6 is 0 Å². The molecule has 1 fully saturated rings. The van der Waals surface area contributed by atoms with Crippen LogP contribution in [0.1, 0.15) is 58.3 Å². The minimum atomic E-state index is -0.0353. The van der Waals surface area contributed by atoms with Gasteiger partial charge >= 0.3 is 5.97 Å². The summed E-state index contributed by atoms with van der Waals surface area (Å²) in [5.41, 5.74) is 1.83. The molecule has 0 N–H and O–H groups in total. The van der Waals surface area contributed by atoms with Crippen LogP contribution in [-0.2, 0) is 14.3 Å². The lowest BCUT2D eigenvalue weighted by molar-refractivity contribution is -0.149. The van der Waals surface area contributed by atoms with Gasteiger partial charge in [0, 0.05) is 24.3 Å². The Hall–Kier alpha value is -2.66. The third-order valence-electron chi connectivity index (χ3n) is 6.27. The molecule has 1 saturated heterocycles. The van der Waals surface area contributed by atoms with E-state index in [2.05, 4.69) is 4.90 Å². The first-order chi connectivity index (χ1) is 16.2. The van der Waals surface area contributed by atoms with Gasteiger partial charge in [-0.2, -0.15) is 0 Å². The van der Waals surface area contributed by atoms with Gasteiger partial charge in [-0.05, 0) is 70.0 Å². The molecular formula is C28H38N2O3. The van der Waals surface area contributed by atoms with E-state index in [1.807, 2.05) is 72.5 Å². The molecule has 1 aliphatic rings. The van der Waals surface area contributed by atoms with E-state index >= 15 is 0 Å². The predicted octanol–water partition coefficient (Wildman–Crippen LogP) is 5.97. The summed E-state index contributed by atoms with van der Waals surface area (Å²) in [6, 6.07) is 19.7. The number of amides is 1. The lowest BCUT2D eigenvalue weighted by Gasteiger charge is -2.31. The first kappa shape index (κ1) is 25.0. The lowest BCUT2D eigenvalue weighted by atomic mass is 9.98. The summed E-state index contributed by atoms with van der Waals surface area (Å²) in [5.74, 6) is 0.152. The Kier molecular flexibility index (Phi) is 10.4. The summed E-state index contributed by atoms with van der Waals surface area (Å²) < 4.78 is 5.20. The highest BCUT2D eigenvalue weighted by atomic mass is 16.5. The molecule has 0 unspecified atom stereocenters. The molecule has 1 heterocycles. The number of unbranched alkanes of at least 4 members (excludes halogenated alkanes) is 4. The molecule has 1 amide bonds. The van der Waals surface area contributed by atoms with Gasteiger partial charge in [0.05, 0.1) is 12.5 Å². The van der Waals surface area contributed by atoms with E-state index in [1.54, 1.807) is 0 Å². The highest BCUT2D eigenvalue weighted by Crippen LogP contribution is 2.26. The van der Waals surface area contributed by atoms with E-state index in [9.17, 15) is 9.59 Å². The Labute approximate surface area is 198 Å². The maximum Gasteiger partial charge on any atom is 0.310 e. The molecule has 3 rings (SSSR count). The van der Waals surface area contributed by atoms with Gasteiger partial charge in [0.1, 0.15) is 0 Å². The fourth-order valence-corrected chi connectivity index (χ4v) is 4.56. The van der Waals surface area contributed by atoms with Crippen molar-refractivity contribution in [3.63, 3.8) is 0 Å². The molecule has 0 saturated carbocycles. The van der Waals surface area contributed by atoms with Crippen LogP contribution in [0, 0.1) is 5.92 Å². The smallest absolute Gasteiger partial charge is 0.310 e. The normalized spacial score (nSPS) is 16.3. The van der Waals surface area contributed by atoms with Gasteiger partial charge < -0.3 is 9.64 Å². The first-order valence-electron chi connectivity index (χ1n) is 12.5. The van der Waals surface area contributed by atoms with E-state index in [0.717, 1.165) is 76.0 Å². The fraction of sp³-hybridized carbons (Fsp3) is 0.500. The van der Waals surface area contributed by atoms with Crippen molar-refractivity contribution in [2.24, 2.45) is 5.92 Å². The zero-order valence-corrected chi connectivity index (χ0v) is 20.0. The van der Waals surface area contributed by atoms with E-state index < -0.39 is 0 Å². The molecule has 0 aromatic heterocycles. The number of hydrogen-bond acceptors (Lipinski definition) is 4. The molecule has 0 radical (unpaired) electrons. The molecule has 1 aliphatic heterocycles. The van der Waals surface area contributed by atoms with Crippen molar-refractivity contribution in [1.82, 2.24) is 4.90 Å². The van der Waals surface area contributed by atoms with E-state index in [1.165, 1.54) is 0 Å². The van der Waals surface area contributed by atoms with Gasteiger partial charge in [-0.25, -0.2) is 0 Å². The summed E-state index contributed by atoms with van der Waals surface area (Å²) >= 11 is 0. The van der Waals surface area contributed by atoms with Crippen LogP contribution in [0.4, 0.5) is 11.4 Å². The summed E-state index contributed by atoms with van der Waals surface area (Å²) in [6.45, 7) is 5.30. The van der Waals surface area contributed by atoms with Gasteiger partial charge in [-0.3, -0.25) is 14.5 Å². The van der Waals surface area contributed by atoms with Crippen molar-refractivity contribution >= 4 is 23.3 Å². The molecule has 2 aromatic carbocycles. The molecular weight excluding hydrogens is 412 g/mol. The zero-order valence-electron chi connectivity index (χ0n) is 20.0. The Balaban J connectivity index is 1.35. The van der Waals surface area contributed by atoms with Crippen LogP contribution in [-0.4, -0.2) is 43.0 Å². The van der Waals surface area contributed by atoms with Gasteiger partial charge in [0.25, 0.3) is 0 Å². The largest absolute Gasteiger partial charge is 0.466 e. The van der Waals surface area contributed by atoms with Crippen LogP contribution in [0.3, 0.4) is 0 Å². The first-order valence-corrected chi connectivity index (χ1v) is 12.5. The van der Waals surface area contributed by atoms with Gasteiger partial charge in [-0.1, -0.05) is 55.7 Å². The number of nitrogens with zero attached hydrogens (tertiary/aromatic N) is 2. The average Bonchev–Trinajstić information content (AvgIpc) is 2.85. The summed E-state index contributed by atoms with van der Waals surface area (Å²) in [5, 5.41) is 0. The van der Waals surface area contributed by atoms with Crippen LogP contribution < -0.4 is 4.90 Å². The summed E-state index contributed by atoms with van der Waals surface area (Å²) in [6.07, 6.45) is 7.99. The topological polar surface area (TPSA) is 49.9 Å². The second kappa shape index (κ2) is 13.8. The van der Waals surface area contributed by atoms with Crippen molar-refractivity contribution < 1.29 is 14.3 Å². The van der Waals surface area contributed by atoms with E-state index in [0.29, 0.717) is 13.0 Å². The maximum absolute atomic E-state index is 13.1. The minimum absolute atomic E-state index is 0.0353. The molecule has 0 bridgehead atoms. The highest BCUT2D eigenvalue weighted by Gasteiger charge is 2.26. The maximum atomic E-state index is 13.1. The Morgan fingerprint density at radius 1 is 0.909 bits per heavy atom. The molecule has 0 aliphatic carbocycles. The van der Waals surface area contributed by atoms with Crippen LogP contribution in [0.15, 0.2) is 60.7 Å². The number of likely N-dealkylation sites (tertiary alicyclic amines) is 1. The van der Waals surface area contributed by atoms with Gasteiger partial charge in [-0.15, -0.1) is 0 Å². The monoisotopic (exact) mass is 450 g/mol. The second-order valence-electron chi connectivity index (χ2n) is 8.81. The number of benzene rings is 2. The Morgan fingerprint density at radius 2 is 1.52 bits per heavy atom. The number of esters is 1. The fourth-order valence-electron chi connectivity index (χ4n) is 4.56. The number of hydrogen-bond donors (Lipinski definition) is 0. The third kappa shape index (κ3) is 8.01.